The number of anilines is 2. The van der Waals surface area contributed by atoms with Crippen molar-refractivity contribution >= 4 is 23.4 Å². The Morgan fingerprint density at radius 2 is 1.67 bits per heavy atom. The summed E-state index contributed by atoms with van der Waals surface area (Å²) < 4.78 is 4.50. The van der Waals surface area contributed by atoms with E-state index in [4.69, 9.17) is 0 Å². The third-order valence-corrected chi connectivity index (χ3v) is 3.51. The van der Waals surface area contributed by atoms with E-state index in [-0.39, 0.29) is 5.91 Å². The number of rotatable bonds is 5. The van der Waals surface area contributed by atoms with Gasteiger partial charge in [-0.1, -0.05) is 12.8 Å². The molecule has 114 valence electrons. The fourth-order valence-corrected chi connectivity index (χ4v) is 2.38. The first-order valence-electron chi connectivity index (χ1n) is 7.15. The largest absolute Gasteiger partial charge is 0.453 e. The van der Waals surface area contributed by atoms with E-state index in [0.29, 0.717) is 24.0 Å². The second kappa shape index (κ2) is 7.64. The van der Waals surface area contributed by atoms with Crippen LogP contribution in [0.2, 0.25) is 0 Å². The van der Waals surface area contributed by atoms with Crippen LogP contribution in [0.25, 0.3) is 0 Å². The van der Waals surface area contributed by atoms with Crippen LogP contribution in [0.5, 0.6) is 0 Å². The zero-order valence-corrected chi connectivity index (χ0v) is 12.1. The van der Waals surface area contributed by atoms with Gasteiger partial charge in [0.05, 0.1) is 13.7 Å². The Labute approximate surface area is 124 Å². The maximum Gasteiger partial charge on any atom is 0.411 e. The Hall–Kier alpha value is -2.08. The summed E-state index contributed by atoms with van der Waals surface area (Å²) in [6.07, 6.45) is 4.28. The van der Waals surface area contributed by atoms with Crippen molar-refractivity contribution in [2.75, 3.05) is 24.3 Å². The Kier molecular flexibility index (Phi) is 5.57. The van der Waals surface area contributed by atoms with Crippen molar-refractivity contribution in [3.8, 4) is 0 Å². The molecule has 6 heteroatoms. The molecule has 1 aromatic carbocycles. The van der Waals surface area contributed by atoms with Crippen molar-refractivity contribution < 1.29 is 14.3 Å². The molecule has 0 atom stereocenters. The lowest BCUT2D eigenvalue weighted by molar-refractivity contribution is -0.115. The minimum atomic E-state index is -0.521. The highest BCUT2D eigenvalue weighted by Gasteiger charge is 2.15. The molecule has 0 radical (unpaired) electrons. The highest BCUT2D eigenvalue weighted by Crippen LogP contribution is 2.17. The molecule has 2 amide bonds. The molecular formula is C15H21N3O3. The van der Waals surface area contributed by atoms with Crippen molar-refractivity contribution in [2.45, 2.75) is 31.7 Å². The molecule has 1 aliphatic rings. The smallest absolute Gasteiger partial charge is 0.411 e. The third-order valence-electron chi connectivity index (χ3n) is 3.51. The summed E-state index contributed by atoms with van der Waals surface area (Å²) in [7, 11) is 1.31. The van der Waals surface area contributed by atoms with Gasteiger partial charge in [-0.2, -0.15) is 0 Å². The number of ether oxygens (including phenoxy) is 1. The topological polar surface area (TPSA) is 79.5 Å². The van der Waals surface area contributed by atoms with Crippen LogP contribution in [-0.2, 0) is 9.53 Å². The molecule has 0 heterocycles. The average Bonchev–Trinajstić information content (AvgIpc) is 3.00. The van der Waals surface area contributed by atoms with Crippen LogP contribution in [0.15, 0.2) is 24.3 Å². The molecule has 0 aromatic heterocycles. The van der Waals surface area contributed by atoms with Gasteiger partial charge in [0, 0.05) is 17.4 Å². The molecule has 0 spiro atoms. The average molecular weight is 291 g/mol. The first-order valence-corrected chi connectivity index (χ1v) is 7.15. The van der Waals surface area contributed by atoms with Gasteiger partial charge in [0.2, 0.25) is 5.91 Å². The Morgan fingerprint density at radius 3 is 2.24 bits per heavy atom. The standard InChI is InChI=1S/C15H21N3O3/c1-21-15(20)18-13-8-6-12(7-9-13)17-14(19)10-16-11-4-2-3-5-11/h6-9,11,16H,2-5,10H2,1H3,(H,17,19)(H,18,20). The lowest BCUT2D eigenvalue weighted by atomic mass is 10.2. The van der Waals surface area contributed by atoms with Crippen molar-refractivity contribution in [2.24, 2.45) is 0 Å². The van der Waals surface area contributed by atoms with Crippen LogP contribution in [-0.4, -0.2) is 31.7 Å². The molecule has 1 aromatic rings. The molecule has 0 saturated heterocycles. The predicted molar refractivity (Wildman–Crippen MR) is 81.4 cm³/mol. The van der Waals surface area contributed by atoms with Crippen molar-refractivity contribution in [3.63, 3.8) is 0 Å². The number of amides is 2. The summed E-state index contributed by atoms with van der Waals surface area (Å²) in [6.45, 7) is 0.326. The fourth-order valence-electron chi connectivity index (χ4n) is 2.38. The number of hydrogen-bond acceptors (Lipinski definition) is 4. The van der Waals surface area contributed by atoms with Gasteiger partial charge in [-0.05, 0) is 37.1 Å². The minimum Gasteiger partial charge on any atom is -0.453 e. The molecule has 1 aliphatic carbocycles. The summed E-state index contributed by atoms with van der Waals surface area (Å²) in [6, 6.07) is 7.35. The molecule has 3 N–H and O–H groups in total. The van der Waals surface area contributed by atoms with Crippen molar-refractivity contribution in [1.82, 2.24) is 5.32 Å². The molecule has 0 aliphatic heterocycles. The van der Waals surface area contributed by atoms with Gasteiger partial charge in [0.15, 0.2) is 0 Å². The van der Waals surface area contributed by atoms with E-state index in [1.165, 1.54) is 20.0 Å². The molecular weight excluding hydrogens is 270 g/mol. The normalized spacial score (nSPS) is 14.7. The first-order chi connectivity index (χ1) is 10.2. The van der Waals surface area contributed by atoms with E-state index in [9.17, 15) is 9.59 Å². The van der Waals surface area contributed by atoms with E-state index in [0.717, 1.165) is 12.8 Å². The second-order valence-electron chi connectivity index (χ2n) is 5.10. The fraction of sp³-hybridized carbons (Fsp3) is 0.467. The van der Waals surface area contributed by atoms with E-state index in [1.807, 2.05) is 0 Å². The van der Waals surface area contributed by atoms with Crippen LogP contribution in [0, 0.1) is 0 Å². The van der Waals surface area contributed by atoms with Gasteiger partial charge in [-0.25, -0.2) is 4.79 Å². The Bertz CT molecular complexity index is 481. The zero-order chi connectivity index (χ0) is 15.1. The summed E-state index contributed by atoms with van der Waals surface area (Å²) in [5, 5.41) is 8.62. The lowest BCUT2D eigenvalue weighted by Crippen LogP contribution is -2.34. The van der Waals surface area contributed by atoms with Gasteiger partial charge >= 0.3 is 6.09 Å². The van der Waals surface area contributed by atoms with Crippen LogP contribution in [0.1, 0.15) is 25.7 Å². The highest BCUT2D eigenvalue weighted by atomic mass is 16.5. The Balaban J connectivity index is 1.76. The zero-order valence-electron chi connectivity index (χ0n) is 12.1. The van der Waals surface area contributed by atoms with E-state index in [1.54, 1.807) is 24.3 Å². The highest BCUT2D eigenvalue weighted by molar-refractivity contribution is 5.92. The van der Waals surface area contributed by atoms with Crippen LogP contribution in [0.3, 0.4) is 0 Å². The third kappa shape index (κ3) is 5.07. The monoisotopic (exact) mass is 291 g/mol. The number of methoxy groups -OCH3 is 1. The number of benzene rings is 1. The maximum atomic E-state index is 11.8. The van der Waals surface area contributed by atoms with Gasteiger partial charge in [-0.3, -0.25) is 10.1 Å². The van der Waals surface area contributed by atoms with E-state index < -0.39 is 6.09 Å². The number of carbonyl (C=O) groups is 2. The van der Waals surface area contributed by atoms with Gasteiger partial charge < -0.3 is 15.4 Å². The van der Waals surface area contributed by atoms with Gasteiger partial charge in [0.1, 0.15) is 0 Å². The van der Waals surface area contributed by atoms with Crippen LogP contribution in [0.4, 0.5) is 16.2 Å². The van der Waals surface area contributed by atoms with Crippen molar-refractivity contribution in [3.05, 3.63) is 24.3 Å². The number of carbonyl (C=O) groups excluding carboxylic acids is 2. The summed E-state index contributed by atoms with van der Waals surface area (Å²) >= 11 is 0. The summed E-state index contributed by atoms with van der Waals surface area (Å²) in [4.78, 5) is 22.9. The number of nitrogens with one attached hydrogen (secondary N) is 3. The van der Waals surface area contributed by atoms with Crippen molar-refractivity contribution in [1.29, 1.82) is 0 Å². The quantitative estimate of drug-likeness (QED) is 0.778. The maximum absolute atomic E-state index is 11.8. The second-order valence-corrected chi connectivity index (χ2v) is 5.10. The molecule has 6 nitrogen and oxygen atoms in total. The summed E-state index contributed by atoms with van der Waals surface area (Å²) in [5.41, 5.74) is 1.31. The SMILES string of the molecule is COC(=O)Nc1ccc(NC(=O)CNC2CCCC2)cc1. The molecule has 0 unspecified atom stereocenters. The van der Waals surface area contributed by atoms with Crippen LogP contribution >= 0.6 is 0 Å². The molecule has 21 heavy (non-hydrogen) atoms. The molecule has 0 bridgehead atoms. The minimum absolute atomic E-state index is 0.0597. The van der Waals surface area contributed by atoms with Crippen LogP contribution < -0.4 is 16.0 Å². The molecule has 2 rings (SSSR count). The summed E-state index contributed by atoms with van der Waals surface area (Å²) in [5.74, 6) is -0.0597. The first kappa shape index (κ1) is 15.3. The predicted octanol–water partition coefficient (Wildman–Crippen LogP) is 2.34. The van der Waals surface area contributed by atoms with E-state index in [2.05, 4.69) is 20.7 Å². The number of hydrogen-bond donors (Lipinski definition) is 3. The molecule has 1 fully saturated rings. The van der Waals surface area contributed by atoms with Gasteiger partial charge in [0.25, 0.3) is 0 Å². The van der Waals surface area contributed by atoms with Gasteiger partial charge in [-0.15, -0.1) is 0 Å². The van der Waals surface area contributed by atoms with E-state index >= 15 is 0 Å². The molecule has 1 saturated carbocycles. The lowest BCUT2D eigenvalue weighted by Gasteiger charge is -2.12. The Morgan fingerprint density at radius 1 is 1.10 bits per heavy atom.